The monoisotopic (exact) mass is 435 g/mol. The van der Waals surface area contributed by atoms with Gasteiger partial charge in [0.2, 0.25) is 0 Å². The first-order valence-corrected chi connectivity index (χ1v) is 8.34. The van der Waals surface area contributed by atoms with Crippen LogP contribution in [0.5, 0.6) is 0 Å². The zero-order valence-electron chi connectivity index (χ0n) is 15.5. The summed E-state index contributed by atoms with van der Waals surface area (Å²) in [6.07, 6.45) is 6.27. The molecule has 134 valence electrons. The predicted molar refractivity (Wildman–Crippen MR) is 110 cm³/mol. The van der Waals surface area contributed by atoms with E-state index in [-0.39, 0.29) is 24.0 Å². The molecule has 6 heteroatoms. The molecular formula is C17H34IN5. The van der Waals surface area contributed by atoms with E-state index in [9.17, 15) is 0 Å². The molecule has 0 amide bonds. The third-order valence-corrected chi connectivity index (χ3v) is 3.42. The highest BCUT2D eigenvalue weighted by molar-refractivity contribution is 14.0. The number of hydrogen-bond acceptors (Lipinski definition) is 2. The average Bonchev–Trinajstić information content (AvgIpc) is 2.81. The molecule has 0 aliphatic carbocycles. The molecule has 5 nitrogen and oxygen atoms in total. The Morgan fingerprint density at radius 2 is 2.09 bits per heavy atom. The number of nitrogens with one attached hydrogen (secondary N) is 2. The Kier molecular flexibility index (Phi) is 10.5. The molecular weight excluding hydrogens is 401 g/mol. The Hall–Kier alpha value is -0.790. The smallest absolute Gasteiger partial charge is 0.191 e. The van der Waals surface area contributed by atoms with Crippen molar-refractivity contribution >= 4 is 29.9 Å². The number of nitrogens with zero attached hydrogens (tertiary/aromatic N) is 3. The van der Waals surface area contributed by atoms with Gasteiger partial charge in [-0.05, 0) is 44.6 Å². The molecule has 1 atom stereocenters. The molecule has 2 N–H and O–H groups in total. The van der Waals surface area contributed by atoms with Gasteiger partial charge in [0.05, 0.1) is 19.3 Å². The Morgan fingerprint density at radius 3 is 2.61 bits per heavy atom. The molecule has 1 unspecified atom stereocenters. The standard InChI is InChI=1S/C17H33N5.HI/c1-7-18-16(21-15(3)8-9-17(4,5)6)19-10-11-22-13-14(2)12-20-22;/h12-13,15H,7-11H2,1-6H3,(H2,18,19,21);1H. The molecule has 0 aliphatic rings. The molecule has 1 heterocycles. The second-order valence-electron chi connectivity index (χ2n) is 7.19. The summed E-state index contributed by atoms with van der Waals surface area (Å²) in [5.74, 6) is 0.896. The third-order valence-electron chi connectivity index (χ3n) is 3.42. The number of hydrogen-bond donors (Lipinski definition) is 2. The van der Waals surface area contributed by atoms with Gasteiger partial charge in [0.15, 0.2) is 5.96 Å². The summed E-state index contributed by atoms with van der Waals surface area (Å²) in [4.78, 5) is 4.64. The summed E-state index contributed by atoms with van der Waals surface area (Å²) < 4.78 is 1.94. The highest BCUT2D eigenvalue weighted by Gasteiger charge is 2.13. The van der Waals surface area contributed by atoms with E-state index in [1.54, 1.807) is 0 Å². The summed E-state index contributed by atoms with van der Waals surface area (Å²) in [5, 5.41) is 11.1. The van der Waals surface area contributed by atoms with Crippen LogP contribution in [-0.2, 0) is 6.54 Å². The van der Waals surface area contributed by atoms with Crippen molar-refractivity contribution in [1.29, 1.82) is 0 Å². The maximum atomic E-state index is 4.64. The summed E-state index contributed by atoms with van der Waals surface area (Å²) in [6, 6.07) is 0.420. The van der Waals surface area contributed by atoms with E-state index in [1.165, 1.54) is 12.0 Å². The lowest BCUT2D eigenvalue weighted by Crippen LogP contribution is -2.42. The number of aliphatic imine (C=N–C) groups is 1. The van der Waals surface area contributed by atoms with Crippen molar-refractivity contribution in [3.8, 4) is 0 Å². The fraction of sp³-hybridized carbons (Fsp3) is 0.765. The Morgan fingerprint density at radius 1 is 1.39 bits per heavy atom. The molecule has 0 radical (unpaired) electrons. The van der Waals surface area contributed by atoms with Gasteiger partial charge in [0.1, 0.15) is 0 Å². The van der Waals surface area contributed by atoms with Crippen LogP contribution in [-0.4, -0.2) is 34.9 Å². The van der Waals surface area contributed by atoms with E-state index in [4.69, 9.17) is 0 Å². The fourth-order valence-electron chi connectivity index (χ4n) is 2.13. The zero-order valence-corrected chi connectivity index (χ0v) is 17.8. The lowest BCUT2D eigenvalue weighted by atomic mass is 9.89. The highest BCUT2D eigenvalue weighted by Crippen LogP contribution is 2.21. The number of guanidine groups is 1. The molecule has 1 aromatic heterocycles. The van der Waals surface area contributed by atoms with Crippen LogP contribution in [0.3, 0.4) is 0 Å². The zero-order chi connectivity index (χ0) is 16.6. The van der Waals surface area contributed by atoms with Gasteiger partial charge in [-0.1, -0.05) is 20.8 Å². The van der Waals surface area contributed by atoms with Crippen LogP contribution < -0.4 is 10.6 Å². The van der Waals surface area contributed by atoms with Crippen LogP contribution in [0.15, 0.2) is 17.4 Å². The van der Waals surface area contributed by atoms with Gasteiger partial charge in [-0.25, -0.2) is 0 Å². The Labute approximate surface area is 158 Å². The van der Waals surface area contributed by atoms with Crippen molar-refractivity contribution in [3.05, 3.63) is 18.0 Å². The van der Waals surface area contributed by atoms with Crippen molar-refractivity contribution in [2.45, 2.75) is 67.0 Å². The lowest BCUT2D eigenvalue weighted by molar-refractivity contribution is 0.346. The molecule has 0 bridgehead atoms. The van der Waals surface area contributed by atoms with Crippen molar-refractivity contribution in [1.82, 2.24) is 20.4 Å². The maximum absolute atomic E-state index is 4.64. The minimum atomic E-state index is 0. The minimum absolute atomic E-state index is 0. The first-order chi connectivity index (χ1) is 10.3. The molecule has 0 aromatic carbocycles. The lowest BCUT2D eigenvalue weighted by Gasteiger charge is -2.23. The van der Waals surface area contributed by atoms with Crippen molar-refractivity contribution in [3.63, 3.8) is 0 Å². The summed E-state index contributed by atoms with van der Waals surface area (Å²) in [7, 11) is 0. The molecule has 23 heavy (non-hydrogen) atoms. The van der Waals surface area contributed by atoms with Crippen LogP contribution in [0.2, 0.25) is 0 Å². The fourth-order valence-corrected chi connectivity index (χ4v) is 2.13. The van der Waals surface area contributed by atoms with Gasteiger partial charge in [-0.2, -0.15) is 5.10 Å². The maximum Gasteiger partial charge on any atom is 0.191 e. The van der Waals surface area contributed by atoms with Gasteiger partial charge in [-0.3, -0.25) is 9.67 Å². The second kappa shape index (κ2) is 10.9. The molecule has 0 saturated heterocycles. The number of halogens is 1. The SMILES string of the molecule is CCNC(=NCCn1cc(C)cn1)NC(C)CCC(C)(C)C.I. The average molecular weight is 435 g/mol. The van der Waals surface area contributed by atoms with Gasteiger partial charge in [0, 0.05) is 18.8 Å². The highest BCUT2D eigenvalue weighted by atomic mass is 127. The van der Waals surface area contributed by atoms with E-state index in [1.807, 2.05) is 17.1 Å². The molecule has 0 spiro atoms. The second-order valence-corrected chi connectivity index (χ2v) is 7.19. The van der Waals surface area contributed by atoms with Gasteiger partial charge >= 0.3 is 0 Å². The Balaban J connectivity index is 0.00000484. The van der Waals surface area contributed by atoms with Crippen LogP contribution in [0.4, 0.5) is 0 Å². The van der Waals surface area contributed by atoms with E-state index in [2.05, 4.69) is 62.3 Å². The summed E-state index contributed by atoms with van der Waals surface area (Å²) >= 11 is 0. The summed E-state index contributed by atoms with van der Waals surface area (Å²) in [6.45, 7) is 15.6. The minimum Gasteiger partial charge on any atom is -0.357 e. The van der Waals surface area contributed by atoms with Crippen LogP contribution in [0.25, 0.3) is 0 Å². The number of rotatable bonds is 7. The molecule has 0 aliphatic heterocycles. The molecule has 1 aromatic rings. The Bertz CT molecular complexity index is 462. The van der Waals surface area contributed by atoms with Crippen molar-refractivity contribution in [2.24, 2.45) is 10.4 Å². The topological polar surface area (TPSA) is 54.2 Å². The third kappa shape index (κ3) is 10.6. The summed E-state index contributed by atoms with van der Waals surface area (Å²) in [5.41, 5.74) is 1.56. The first kappa shape index (κ1) is 22.2. The van der Waals surface area contributed by atoms with Crippen LogP contribution in [0.1, 0.15) is 53.0 Å². The van der Waals surface area contributed by atoms with E-state index in [0.29, 0.717) is 11.5 Å². The molecule has 1 rings (SSSR count). The van der Waals surface area contributed by atoms with E-state index in [0.717, 1.165) is 32.0 Å². The van der Waals surface area contributed by atoms with Gasteiger partial charge in [-0.15, -0.1) is 24.0 Å². The molecule has 0 fully saturated rings. The predicted octanol–water partition coefficient (Wildman–Crippen LogP) is 3.58. The van der Waals surface area contributed by atoms with Gasteiger partial charge < -0.3 is 10.6 Å². The van der Waals surface area contributed by atoms with Crippen LogP contribution in [0, 0.1) is 12.3 Å². The van der Waals surface area contributed by atoms with Gasteiger partial charge in [0.25, 0.3) is 0 Å². The van der Waals surface area contributed by atoms with Crippen LogP contribution >= 0.6 is 24.0 Å². The normalized spacial score (nSPS) is 13.4. The first-order valence-electron chi connectivity index (χ1n) is 8.34. The van der Waals surface area contributed by atoms with Crippen molar-refractivity contribution in [2.75, 3.05) is 13.1 Å². The van der Waals surface area contributed by atoms with Crippen molar-refractivity contribution < 1.29 is 0 Å². The quantitative estimate of drug-likeness (QED) is 0.391. The van der Waals surface area contributed by atoms with E-state index < -0.39 is 0 Å². The molecule has 0 saturated carbocycles. The number of aryl methyl sites for hydroxylation is 1. The largest absolute Gasteiger partial charge is 0.357 e. The number of aromatic nitrogens is 2. The van der Waals surface area contributed by atoms with E-state index >= 15 is 0 Å².